The van der Waals surface area contributed by atoms with Crippen molar-refractivity contribution in [2.45, 2.75) is 39.7 Å². The predicted molar refractivity (Wildman–Crippen MR) is 64.8 cm³/mol. The van der Waals surface area contributed by atoms with Gasteiger partial charge in [0.1, 0.15) is 0 Å². The van der Waals surface area contributed by atoms with Crippen molar-refractivity contribution >= 4 is 0 Å². The van der Waals surface area contributed by atoms with Crippen LogP contribution in [0.25, 0.3) is 0 Å². The van der Waals surface area contributed by atoms with Crippen molar-refractivity contribution in [3.63, 3.8) is 0 Å². The SMILES string of the molecule is CCC(CC)C(NC)c1cccnc1C. The molecule has 0 radical (unpaired) electrons. The number of nitrogens with zero attached hydrogens (tertiary/aromatic N) is 1. The molecule has 0 aliphatic heterocycles. The third kappa shape index (κ3) is 2.78. The Kier molecular flexibility index (Phi) is 4.76. The molecule has 1 unspecified atom stereocenters. The summed E-state index contributed by atoms with van der Waals surface area (Å²) in [7, 11) is 2.04. The standard InChI is InChI=1S/C13H22N2/c1-5-11(6-2)13(14-4)12-8-7-9-15-10(12)3/h7-9,11,13-14H,5-6H2,1-4H3. The molecule has 0 aliphatic carbocycles. The molecule has 1 heterocycles. The molecular formula is C13H22N2. The van der Waals surface area contributed by atoms with E-state index in [0.29, 0.717) is 12.0 Å². The van der Waals surface area contributed by atoms with Gasteiger partial charge in [-0.05, 0) is 31.5 Å². The van der Waals surface area contributed by atoms with Gasteiger partial charge in [-0.25, -0.2) is 0 Å². The van der Waals surface area contributed by atoms with Gasteiger partial charge in [0.2, 0.25) is 0 Å². The summed E-state index contributed by atoms with van der Waals surface area (Å²) in [6.07, 6.45) is 4.27. The Labute approximate surface area is 93.1 Å². The Bertz CT molecular complexity index is 292. The second-order valence-corrected chi connectivity index (χ2v) is 4.02. The first-order valence-electron chi connectivity index (χ1n) is 5.83. The molecule has 1 aromatic heterocycles. The molecule has 0 saturated carbocycles. The molecule has 0 bridgehead atoms. The maximum Gasteiger partial charge on any atom is 0.0420 e. The van der Waals surface area contributed by atoms with Crippen LogP contribution in [0.5, 0.6) is 0 Å². The molecule has 1 N–H and O–H groups in total. The van der Waals surface area contributed by atoms with E-state index >= 15 is 0 Å². The summed E-state index contributed by atoms with van der Waals surface area (Å²) >= 11 is 0. The van der Waals surface area contributed by atoms with Gasteiger partial charge >= 0.3 is 0 Å². The fraction of sp³-hybridized carbons (Fsp3) is 0.615. The predicted octanol–water partition coefficient (Wildman–Crippen LogP) is 3.09. The molecule has 0 fully saturated rings. The van der Waals surface area contributed by atoms with Crippen molar-refractivity contribution in [2.75, 3.05) is 7.05 Å². The highest BCUT2D eigenvalue weighted by Crippen LogP contribution is 2.28. The molecule has 1 atom stereocenters. The van der Waals surface area contributed by atoms with Crippen LogP contribution in [0.3, 0.4) is 0 Å². The lowest BCUT2D eigenvalue weighted by molar-refractivity contribution is 0.358. The van der Waals surface area contributed by atoms with Gasteiger partial charge in [-0.3, -0.25) is 4.98 Å². The number of hydrogen-bond acceptors (Lipinski definition) is 2. The number of aromatic nitrogens is 1. The molecule has 15 heavy (non-hydrogen) atoms. The van der Waals surface area contributed by atoms with Crippen molar-refractivity contribution in [2.24, 2.45) is 5.92 Å². The number of pyridine rings is 1. The molecule has 0 saturated heterocycles. The molecule has 0 aromatic carbocycles. The van der Waals surface area contributed by atoms with Gasteiger partial charge < -0.3 is 5.32 Å². The number of hydrogen-bond donors (Lipinski definition) is 1. The summed E-state index contributed by atoms with van der Waals surface area (Å²) in [6.45, 7) is 6.59. The average Bonchev–Trinajstić information content (AvgIpc) is 2.27. The Morgan fingerprint density at radius 1 is 1.33 bits per heavy atom. The Morgan fingerprint density at radius 3 is 2.47 bits per heavy atom. The van der Waals surface area contributed by atoms with Gasteiger partial charge in [0, 0.05) is 17.9 Å². The average molecular weight is 206 g/mol. The molecule has 1 rings (SSSR count). The van der Waals surface area contributed by atoms with Crippen LogP contribution in [0.15, 0.2) is 18.3 Å². The van der Waals surface area contributed by atoms with Crippen LogP contribution in [-0.4, -0.2) is 12.0 Å². The zero-order valence-corrected chi connectivity index (χ0v) is 10.2. The van der Waals surface area contributed by atoms with Crippen LogP contribution >= 0.6 is 0 Å². The van der Waals surface area contributed by atoms with E-state index in [9.17, 15) is 0 Å². The largest absolute Gasteiger partial charge is 0.313 e. The van der Waals surface area contributed by atoms with Crippen LogP contribution in [0.1, 0.15) is 44.0 Å². The minimum absolute atomic E-state index is 0.439. The Morgan fingerprint density at radius 2 is 2.00 bits per heavy atom. The zero-order valence-electron chi connectivity index (χ0n) is 10.2. The number of nitrogens with one attached hydrogen (secondary N) is 1. The van der Waals surface area contributed by atoms with Crippen LogP contribution in [0.2, 0.25) is 0 Å². The summed E-state index contributed by atoms with van der Waals surface area (Å²) in [5.41, 5.74) is 2.48. The lowest BCUT2D eigenvalue weighted by Crippen LogP contribution is -2.25. The molecule has 0 aliphatic rings. The molecule has 84 valence electrons. The van der Waals surface area contributed by atoms with Crippen LogP contribution in [0.4, 0.5) is 0 Å². The zero-order chi connectivity index (χ0) is 11.3. The summed E-state index contributed by atoms with van der Waals surface area (Å²) < 4.78 is 0. The third-order valence-corrected chi connectivity index (χ3v) is 3.21. The summed E-state index contributed by atoms with van der Waals surface area (Å²) in [6, 6.07) is 4.64. The fourth-order valence-corrected chi connectivity index (χ4v) is 2.23. The van der Waals surface area contributed by atoms with Crippen LogP contribution in [-0.2, 0) is 0 Å². The summed E-state index contributed by atoms with van der Waals surface area (Å²) in [4.78, 5) is 4.36. The first-order chi connectivity index (χ1) is 7.24. The van der Waals surface area contributed by atoms with Gasteiger partial charge in [-0.15, -0.1) is 0 Å². The molecular weight excluding hydrogens is 184 g/mol. The molecule has 0 amide bonds. The van der Waals surface area contributed by atoms with E-state index < -0.39 is 0 Å². The van der Waals surface area contributed by atoms with E-state index in [2.05, 4.69) is 37.1 Å². The first kappa shape index (κ1) is 12.2. The lowest BCUT2D eigenvalue weighted by atomic mass is 9.88. The monoisotopic (exact) mass is 206 g/mol. The van der Waals surface area contributed by atoms with E-state index in [4.69, 9.17) is 0 Å². The van der Waals surface area contributed by atoms with Crippen molar-refractivity contribution in [1.82, 2.24) is 10.3 Å². The topological polar surface area (TPSA) is 24.9 Å². The summed E-state index contributed by atoms with van der Waals surface area (Å²) in [5, 5.41) is 3.42. The van der Waals surface area contributed by atoms with Gasteiger partial charge in [0.05, 0.1) is 0 Å². The highest BCUT2D eigenvalue weighted by molar-refractivity contribution is 5.23. The smallest absolute Gasteiger partial charge is 0.0420 e. The minimum atomic E-state index is 0.439. The van der Waals surface area contributed by atoms with Crippen molar-refractivity contribution in [1.29, 1.82) is 0 Å². The third-order valence-electron chi connectivity index (χ3n) is 3.21. The summed E-state index contributed by atoms with van der Waals surface area (Å²) in [5.74, 6) is 0.692. The van der Waals surface area contributed by atoms with E-state index in [-0.39, 0.29) is 0 Å². The number of aryl methyl sites for hydroxylation is 1. The Hall–Kier alpha value is -0.890. The van der Waals surface area contributed by atoms with Crippen molar-refractivity contribution in [3.8, 4) is 0 Å². The fourth-order valence-electron chi connectivity index (χ4n) is 2.23. The minimum Gasteiger partial charge on any atom is -0.313 e. The first-order valence-corrected chi connectivity index (χ1v) is 5.83. The Balaban J connectivity index is 2.96. The van der Waals surface area contributed by atoms with E-state index in [1.807, 2.05) is 19.3 Å². The normalized spacial score (nSPS) is 13.1. The van der Waals surface area contributed by atoms with E-state index in [1.54, 1.807) is 0 Å². The highest BCUT2D eigenvalue weighted by Gasteiger charge is 2.20. The molecule has 2 nitrogen and oxygen atoms in total. The molecule has 2 heteroatoms. The maximum absolute atomic E-state index is 4.36. The van der Waals surface area contributed by atoms with Gasteiger partial charge in [-0.1, -0.05) is 32.8 Å². The quantitative estimate of drug-likeness (QED) is 0.800. The maximum atomic E-state index is 4.36. The van der Waals surface area contributed by atoms with Crippen LogP contribution < -0.4 is 5.32 Å². The van der Waals surface area contributed by atoms with Gasteiger partial charge in [0.15, 0.2) is 0 Å². The lowest BCUT2D eigenvalue weighted by Gasteiger charge is -2.26. The van der Waals surface area contributed by atoms with Gasteiger partial charge in [-0.2, -0.15) is 0 Å². The van der Waals surface area contributed by atoms with E-state index in [1.165, 1.54) is 18.4 Å². The molecule has 0 spiro atoms. The highest BCUT2D eigenvalue weighted by atomic mass is 14.9. The molecule has 1 aromatic rings. The second-order valence-electron chi connectivity index (χ2n) is 4.02. The second kappa shape index (κ2) is 5.86. The number of rotatable bonds is 5. The van der Waals surface area contributed by atoms with Crippen LogP contribution in [0, 0.1) is 12.8 Å². The van der Waals surface area contributed by atoms with Crippen molar-refractivity contribution in [3.05, 3.63) is 29.6 Å². The van der Waals surface area contributed by atoms with E-state index in [0.717, 1.165) is 5.69 Å². The van der Waals surface area contributed by atoms with Gasteiger partial charge in [0.25, 0.3) is 0 Å². The van der Waals surface area contributed by atoms with Crippen molar-refractivity contribution < 1.29 is 0 Å².